The van der Waals surface area contributed by atoms with E-state index in [1.165, 1.54) is 4.31 Å². The molecular formula is C15H27N3O5S. The summed E-state index contributed by atoms with van der Waals surface area (Å²) < 4.78 is 30.6. The van der Waals surface area contributed by atoms with Gasteiger partial charge in [0.25, 0.3) is 0 Å². The van der Waals surface area contributed by atoms with Gasteiger partial charge in [0, 0.05) is 32.2 Å². The molecule has 2 aliphatic rings. The maximum absolute atomic E-state index is 12.3. The second-order valence-electron chi connectivity index (χ2n) is 6.31. The van der Waals surface area contributed by atoms with Crippen LogP contribution in [0.3, 0.4) is 0 Å². The average Bonchev–Trinajstić information content (AvgIpc) is 3.06. The molecule has 2 rings (SSSR count). The van der Waals surface area contributed by atoms with Gasteiger partial charge in [0.1, 0.15) is 0 Å². The number of likely N-dealkylation sites (tertiary alicyclic amines) is 2. The van der Waals surface area contributed by atoms with Crippen LogP contribution < -0.4 is 0 Å². The van der Waals surface area contributed by atoms with E-state index in [0.717, 1.165) is 19.1 Å². The van der Waals surface area contributed by atoms with E-state index >= 15 is 0 Å². The molecule has 0 aromatic rings. The number of piperidine rings is 1. The Labute approximate surface area is 143 Å². The first-order chi connectivity index (χ1) is 11.3. The van der Waals surface area contributed by atoms with E-state index in [9.17, 15) is 18.0 Å². The van der Waals surface area contributed by atoms with Gasteiger partial charge in [-0.3, -0.25) is 4.79 Å². The van der Waals surface area contributed by atoms with E-state index in [0.29, 0.717) is 45.6 Å². The minimum absolute atomic E-state index is 0.108. The Kier molecular flexibility index (Phi) is 6.45. The predicted molar refractivity (Wildman–Crippen MR) is 89.0 cm³/mol. The molecule has 2 saturated heterocycles. The smallest absolute Gasteiger partial charge is 0.409 e. The van der Waals surface area contributed by atoms with Crippen molar-refractivity contribution < 1.29 is 22.7 Å². The quantitative estimate of drug-likeness (QED) is 0.711. The number of ether oxygens (including phenoxy) is 1. The lowest BCUT2D eigenvalue weighted by molar-refractivity contribution is -0.130. The topological polar surface area (TPSA) is 87.2 Å². The van der Waals surface area contributed by atoms with Gasteiger partial charge in [-0.05, 0) is 32.6 Å². The molecule has 0 aromatic heterocycles. The highest BCUT2D eigenvalue weighted by atomic mass is 32.2. The maximum Gasteiger partial charge on any atom is 0.409 e. The van der Waals surface area contributed by atoms with E-state index in [1.54, 1.807) is 16.7 Å². The summed E-state index contributed by atoms with van der Waals surface area (Å²) in [6, 6.07) is -0.253. The Morgan fingerprint density at radius 1 is 1.08 bits per heavy atom. The van der Waals surface area contributed by atoms with Gasteiger partial charge >= 0.3 is 6.09 Å². The molecule has 0 N–H and O–H groups in total. The molecule has 0 atom stereocenters. The lowest BCUT2D eigenvalue weighted by Gasteiger charge is -2.36. The first kappa shape index (κ1) is 19.0. The van der Waals surface area contributed by atoms with Gasteiger partial charge in [0.2, 0.25) is 15.9 Å². The first-order valence-corrected chi connectivity index (χ1v) is 10.3. The molecule has 24 heavy (non-hydrogen) atoms. The van der Waals surface area contributed by atoms with Gasteiger partial charge < -0.3 is 14.5 Å². The molecule has 138 valence electrons. The van der Waals surface area contributed by atoms with Crippen LogP contribution in [0.5, 0.6) is 0 Å². The highest BCUT2D eigenvalue weighted by Crippen LogP contribution is 2.20. The largest absolute Gasteiger partial charge is 0.450 e. The normalized spacial score (nSPS) is 19.8. The van der Waals surface area contributed by atoms with Crippen LogP contribution in [0.15, 0.2) is 0 Å². The van der Waals surface area contributed by atoms with Crippen molar-refractivity contribution in [2.45, 2.75) is 38.6 Å². The van der Waals surface area contributed by atoms with Crippen molar-refractivity contribution in [3.63, 3.8) is 0 Å². The Bertz CT molecular complexity index is 551. The Morgan fingerprint density at radius 3 is 2.17 bits per heavy atom. The summed E-state index contributed by atoms with van der Waals surface area (Å²) >= 11 is 0. The summed E-state index contributed by atoms with van der Waals surface area (Å²) in [5, 5.41) is 0. The molecule has 2 fully saturated rings. The highest BCUT2D eigenvalue weighted by Gasteiger charge is 2.34. The second-order valence-corrected chi connectivity index (χ2v) is 8.25. The Morgan fingerprint density at radius 2 is 1.67 bits per heavy atom. The van der Waals surface area contributed by atoms with Crippen molar-refractivity contribution in [3.8, 4) is 0 Å². The van der Waals surface area contributed by atoms with Gasteiger partial charge in [0.15, 0.2) is 0 Å². The van der Waals surface area contributed by atoms with Gasteiger partial charge in [-0.1, -0.05) is 0 Å². The van der Waals surface area contributed by atoms with Crippen LogP contribution >= 0.6 is 0 Å². The number of carbonyl (C=O) groups is 2. The fourth-order valence-corrected chi connectivity index (χ4v) is 4.37. The lowest BCUT2D eigenvalue weighted by atomic mass is 10.1. The third kappa shape index (κ3) is 4.83. The van der Waals surface area contributed by atoms with E-state index in [1.807, 2.05) is 0 Å². The number of sulfonamides is 1. The fraction of sp³-hybridized carbons (Fsp3) is 0.867. The summed E-state index contributed by atoms with van der Waals surface area (Å²) in [4.78, 5) is 27.4. The molecule has 2 heterocycles. The Balaban J connectivity index is 1.97. The number of carbonyl (C=O) groups excluding carboxylic acids is 2. The molecule has 0 bridgehead atoms. The van der Waals surface area contributed by atoms with Gasteiger partial charge in [-0.2, -0.15) is 4.31 Å². The summed E-state index contributed by atoms with van der Waals surface area (Å²) in [5.74, 6) is -0.134. The molecule has 2 amide bonds. The average molecular weight is 361 g/mol. The molecule has 0 aromatic carbocycles. The van der Waals surface area contributed by atoms with Crippen molar-refractivity contribution in [2.75, 3.05) is 45.6 Å². The highest BCUT2D eigenvalue weighted by molar-refractivity contribution is 7.88. The summed E-state index contributed by atoms with van der Waals surface area (Å²) in [6.45, 7) is 4.25. The summed E-state index contributed by atoms with van der Waals surface area (Å²) in [7, 11) is -3.49. The van der Waals surface area contributed by atoms with E-state index < -0.39 is 10.0 Å². The fourth-order valence-electron chi connectivity index (χ4n) is 3.27. The summed E-state index contributed by atoms with van der Waals surface area (Å²) in [6.07, 6.45) is 3.75. The van der Waals surface area contributed by atoms with Crippen LogP contribution in [-0.4, -0.2) is 86.2 Å². The predicted octanol–water partition coefficient (Wildman–Crippen LogP) is 0.491. The molecule has 8 nitrogen and oxygen atoms in total. The molecule has 0 saturated carbocycles. The number of amides is 2. The molecule has 0 spiro atoms. The standard InChI is InChI=1S/C15H27N3O5S/c1-3-23-15(20)17-10-6-13(7-11-17)18(24(2,21)22)12-14(19)16-8-4-5-9-16/h13H,3-12H2,1-2H3. The SMILES string of the molecule is CCOC(=O)N1CCC(N(CC(=O)N2CCCC2)S(C)(=O)=O)CC1. The van der Waals surface area contributed by atoms with E-state index in [-0.39, 0.29) is 24.6 Å². The lowest BCUT2D eigenvalue weighted by Crippen LogP contribution is -2.51. The van der Waals surface area contributed by atoms with Crippen molar-refractivity contribution >= 4 is 22.0 Å². The third-order valence-corrected chi connectivity index (χ3v) is 5.85. The van der Waals surface area contributed by atoms with Crippen LogP contribution in [0, 0.1) is 0 Å². The Hall–Kier alpha value is -1.35. The molecule has 9 heteroatoms. The van der Waals surface area contributed by atoms with Crippen LogP contribution in [0.1, 0.15) is 32.6 Å². The second kappa shape index (κ2) is 8.15. The minimum atomic E-state index is -3.49. The van der Waals surface area contributed by atoms with E-state index in [4.69, 9.17) is 4.74 Å². The van der Waals surface area contributed by atoms with Crippen molar-refractivity contribution in [2.24, 2.45) is 0 Å². The van der Waals surface area contributed by atoms with Crippen molar-refractivity contribution in [3.05, 3.63) is 0 Å². The van der Waals surface area contributed by atoms with Gasteiger partial charge in [-0.25, -0.2) is 13.2 Å². The van der Waals surface area contributed by atoms with Crippen LogP contribution in [0.2, 0.25) is 0 Å². The number of rotatable bonds is 5. The summed E-state index contributed by atoms with van der Waals surface area (Å²) in [5.41, 5.74) is 0. The van der Waals surface area contributed by atoms with Crippen LogP contribution in [0.25, 0.3) is 0 Å². The van der Waals surface area contributed by atoms with Crippen LogP contribution in [-0.2, 0) is 19.6 Å². The molecule has 2 aliphatic heterocycles. The van der Waals surface area contributed by atoms with Gasteiger partial charge in [0.05, 0.1) is 19.4 Å². The third-order valence-electron chi connectivity index (χ3n) is 4.57. The zero-order valence-electron chi connectivity index (χ0n) is 14.4. The molecular weight excluding hydrogens is 334 g/mol. The number of hydrogen-bond donors (Lipinski definition) is 0. The zero-order chi connectivity index (χ0) is 17.7. The van der Waals surface area contributed by atoms with Gasteiger partial charge in [-0.15, -0.1) is 0 Å². The van der Waals surface area contributed by atoms with Crippen LogP contribution in [0.4, 0.5) is 4.79 Å². The monoisotopic (exact) mass is 361 g/mol. The maximum atomic E-state index is 12.3. The first-order valence-electron chi connectivity index (χ1n) is 8.49. The number of hydrogen-bond acceptors (Lipinski definition) is 5. The van der Waals surface area contributed by atoms with Crippen molar-refractivity contribution in [1.82, 2.24) is 14.1 Å². The number of nitrogens with zero attached hydrogens (tertiary/aromatic N) is 3. The molecule has 0 aliphatic carbocycles. The zero-order valence-corrected chi connectivity index (χ0v) is 15.3. The molecule has 0 unspecified atom stereocenters. The van der Waals surface area contributed by atoms with Crippen molar-refractivity contribution in [1.29, 1.82) is 0 Å². The minimum Gasteiger partial charge on any atom is -0.450 e. The molecule has 0 radical (unpaired) electrons. The van der Waals surface area contributed by atoms with E-state index in [2.05, 4.69) is 0 Å².